The van der Waals surface area contributed by atoms with E-state index in [9.17, 15) is 13.2 Å². The topological polar surface area (TPSA) is 73.0 Å². The van der Waals surface area contributed by atoms with Crippen LogP contribution in [0.4, 0.5) is 0 Å². The second-order valence-corrected chi connectivity index (χ2v) is 9.78. The Morgan fingerprint density at radius 1 is 1.00 bits per heavy atom. The minimum atomic E-state index is -3.25. The third-order valence-corrected chi connectivity index (χ3v) is 7.41. The molecule has 0 unspecified atom stereocenters. The normalized spacial score (nSPS) is 19.8. The number of piperazine rings is 1. The molecule has 2 heterocycles. The van der Waals surface area contributed by atoms with Gasteiger partial charge < -0.3 is 15.1 Å². The lowest BCUT2D eigenvalue weighted by Crippen LogP contribution is -2.45. The number of carbonyl (C=O) groups is 1. The Balaban J connectivity index is 1.41. The highest BCUT2D eigenvalue weighted by molar-refractivity contribution is 7.88. The van der Waals surface area contributed by atoms with Gasteiger partial charge in [-0.05, 0) is 50.6 Å². The predicted molar refractivity (Wildman–Crippen MR) is 111 cm³/mol. The van der Waals surface area contributed by atoms with E-state index in [2.05, 4.69) is 22.2 Å². The summed E-state index contributed by atoms with van der Waals surface area (Å²) in [6.07, 6.45) is 2.81. The van der Waals surface area contributed by atoms with Crippen LogP contribution in [0.3, 0.4) is 0 Å². The van der Waals surface area contributed by atoms with Crippen LogP contribution in [0.25, 0.3) is 0 Å². The first-order valence-electron chi connectivity index (χ1n) is 10.2. The number of nitrogens with one attached hydrogen (secondary N) is 1. The van der Waals surface area contributed by atoms with E-state index in [0.29, 0.717) is 25.2 Å². The van der Waals surface area contributed by atoms with Crippen molar-refractivity contribution in [1.82, 2.24) is 19.4 Å². The molecule has 1 aromatic rings. The quantitative estimate of drug-likeness (QED) is 0.649. The molecule has 7 nitrogen and oxygen atoms in total. The van der Waals surface area contributed by atoms with Crippen molar-refractivity contribution >= 4 is 15.9 Å². The molecule has 0 atom stereocenters. The van der Waals surface area contributed by atoms with Gasteiger partial charge in [0.15, 0.2) is 0 Å². The number of hydrogen-bond donors (Lipinski definition) is 1. The molecule has 0 radical (unpaired) electrons. The molecule has 1 amide bonds. The SMILES string of the molecule is CN1CCN(CCCNC(=O)c2ccc(CS(=O)(=O)N3CCCC3)cc2)CC1. The molecule has 3 rings (SSSR count). The number of benzene rings is 1. The zero-order chi connectivity index (χ0) is 20.0. The lowest BCUT2D eigenvalue weighted by Gasteiger charge is -2.32. The monoisotopic (exact) mass is 408 g/mol. The molecule has 2 aliphatic rings. The first-order valence-corrected chi connectivity index (χ1v) is 11.8. The van der Waals surface area contributed by atoms with Crippen LogP contribution in [0.2, 0.25) is 0 Å². The predicted octanol–water partition coefficient (Wildman–Crippen LogP) is 0.980. The fraction of sp³-hybridized carbons (Fsp3) is 0.650. The van der Waals surface area contributed by atoms with Crippen molar-refractivity contribution in [2.75, 3.05) is 59.4 Å². The van der Waals surface area contributed by atoms with Gasteiger partial charge in [0, 0.05) is 51.4 Å². The van der Waals surface area contributed by atoms with E-state index in [1.807, 2.05) is 0 Å². The molecular formula is C20H32N4O3S. The molecule has 0 bridgehead atoms. The zero-order valence-corrected chi connectivity index (χ0v) is 17.6. The summed E-state index contributed by atoms with van der Waals surface area (Å²) in [6, 6.07) is 6.91. The minimum absolute atomic E-state index is 0.0000771. The molecule has 28 heavy (non-hydrogen) atoms. The molecule has 0 saturated carbocycles. The summed E-state index contributed by atoms with van der Waals surface area (Å²) >= 11 is 0. The first-order chi connectivity index (χ1) is 13.4. The van der Waals surface area contributed by atoms with Gasteiger partial charge in [0.05, 0.1) is 5.75 Å². The molecule has 156 valence electrons. The molecular weight excluding hydrogens is 376 g/mol. The van der Waals surface area contributed by atoms with Crippen molar-refractivity contribution in [2.45, 2.75) is 25.0 Å². The number of nitrogens with zero attached hydrogens (tertiary/aromatic N) is 3. The fourth-order valence-corrected chi connectivity index (χ4v) is 5.31. The number of amides is 1. The summed E-state index contributed by atoms with van der Waals surface area (Å²) in [5.41, 5.74) is 1.29. The zero-order valence-electron chi connectivity index (χ0n) is 16.8. The fourth-order valence-electron chi connectivity index (χ4n) is 3.70. The van der Waals surface area contributed by atoms with Gasteiger partial charge in [-0.1, -0.05) is 12.1 Å². The van der Waals surface area contributed by atoms with Gasteiger partial charge in [0.25, 0.3) is 5.91 Å². The maximum atomic E-state index is 12.4. The summed E-state index contributed by atoms with van der Waals surface area (Å²) in [7, 11) is -1.11. The highest BCUT2D eigenvalue weighted by Gasteiger charge is 2.25. The second-order valence-electron chi connectivity index (χ2n) is 7.81. The maximum absolute atomic E-state index is 12.4. The lowest BCUT2D eigenvalue weighted by molar-refractivity contribution is 0.0949. The minimum Gasteiger partial charge on any atom is -0.352 e. The Bertz CT molecular complexity index is 737. The molecule has 2 saturated heterocycles. The van der Waals surface area contributed by atoms with E-state index in [1.54, 1.807) is 28.6 Å². The van der Waals surface area contributed by atoms with Crippen molar-refractivity contribution in [2.24, 2.45) is 0 Å². The Hall–Kier alpha value is -1.48. The number of rotatable bonds is 8. The smallest absolute Gasteiger partial charge is 0.251 e. The van der Waals surface area contributed by atoms with Crippen LogP contribution >= 0.6 is 0 Å². The van der Waals surface area contributed by atoms with Gasteiger partial charge in [0.2, 0.25) is 10.0 Å². The Kier molecular flexibility index (Phi) is 7.45. The number of hydrogen-bond acceptors (Lipinski definition) is 5. The number of carbonyl (C=O) groups excluding carboxylic acids is 1. The molecule has 0 aliphatic carbocycles. The largest absolute Gasteiger partial charge is 0.352 e. The van der Waals surface area contributed by atoms with Crippen molar-refractivity contribution in [3.63, 3.8) is 0 Å². The Morgan fingerprint density at radius 2 is 1.64 bits per heavy atom. The van der Waals surface area contributed by atoms with Crippen molar-refractivity contribution in [3.8, 4) is 0 Å². The number of sulfonamides is 1. The second kappa shape index (κ2) is 9.82. The third-order valence-electron chi connectivity index (χ3n) is 5.56. The van der Waals surface area contributed by atoms with Crippen LogP contribution in [0, 0.1) is 0 Å². The summed E-state index contributed by atoms with van der Waals surface area (Å²) < 4.78 is 26.3. The van der Waals surface area contributed by atoms with Gasteiger partial charge in [-0.2, -0.15) is 0 Å². The Labute approximate surface area is 168 Å². The molecule has 2 aliphatic heterocycles. The van der Waals surface area contributed by atoms with Crippen LogP contribution in [-0.4, -0.2) is 87.8 Å². The van der Waals surface area contributed by atoms with Crippen molar-refractivity contribution in [1.29, 1.82) is 0 Å². The van der Waals surface area contributed by atoms with Gasteiger partial charge in [-0.3, -0.25) is 4.79 Å². The van der Waals surface area contributed by atoms with Gasteiger partial charge >= 0.3 is 0 Å². The van der Waals surface area contributed by atoms with E-state index in [1.165, 1.54) is 0 Å². The summed E-state index contributed by atoms with van der Waals surface area (Å²) in [5, 5.41) is 2.96. The maximum Gasteiger partial charge on any atom is 0.251 e. The third kappa shape index (κ3) is 6.01. The average molecular weight is 409 g/mol. The van der Waals surface area contributed by atoms with Crippen LogP contribution in [-0.2, 0) is 15.8 Å². The highest BCUT2D eigenvalue weighted by atomic mass is 32.2. The van der Waals surface area contributed by atoms with Crippen LogP contribution in [0.1, 0.15) is 35.2 Å². The van der Waals surface area contributed by atoms with E-state index < -0.39 is 10.0 Å². The van der Waals surface area contributed by atoms with E-state index in [4.69, 9.17) is 0 Å². The lowest BCUT2D eigenvalue weighted by atomic mass is 10.1. The van der Waals surface area contributed by atoms with Crippen LogP contribution < -0.4 is 5.32 Å². The van der Waals surface area contributed by atoms with Crippen molar-refractivity contribution in [3.05, 3.63) is 35.4 Å². The highest BCUT2D eigenvalue weighted by Crippen LogP contribution is 2.17. The van der Waals surface area contributed by atoms with Gasteiger partial charge in [-0.25, -0.2) is 12.7 Å². The van der Waals surface area contributed by atoms with Crippen molar-refractivity contribution < 1.29 is 13.2 Å². The summed E-state index contributed by atoms with van der Waals surface area (Å²) in [6.45, 7) is 7.28. The average Bonchev–Trinajstić information content (AvgIpc) is 3.23. The van der Waals surface area contributed by atoms with E-state index >= 15 is 0 Å². The molecule has 0 spiro atoms. The van der Waals surface area contributed by atoms with E-state index in [-0.39, 0.29) is 11.7 Å². The standard InChI is InChI=1S/C20H32N4O3S/c1-22-13-15-23(16-14-22)10-4-9-21-20(25)19-7-5-18(6-8-19)17-28(26,27)24-11-2-3-12-24/h5-8H,2-4,9-17H2,1H3,(H,21,25). The number of likely N-dealkylation sites (N-methyl/N-ethyl adjacent to an activating group) is 1. The molecule has 0 aromatic heterocycles. The summed E-state index contributed by atoms with van der Waals surface area (Å²) in [4.78, 5) is 17.1. The first kappa shape index (κ1) is 21.2. The molecule has 8 heteroatoms. The summed E-state index contributed by atoms with van der Waals surface area (Å²) in [5.74, 6) is -0.104. The Morgan fingerprint density at radius 3 is 2.29 bits per heavy atom. The van der Waals surface area contributed by atoms with Crippen LogP contribution in [0.15, 0.2) is 24.3 Å². The molecule has 1 N–H and O–H groups in total. The van der Waals surface area contributed by atoms with Crippen LogP contribution in [0.5, 0.6) is 0 Å². The molecule has 2 fully saturated rings. The van der Waals surface area contributed by atoms with Gasteiger partial charge in [0.1, 0.15) is 0 Å². The van der Waals surface area contributed by atoms with E-state index in [0.717, 1.165) is 57.5 Å². The molecule has 1 aromatic carbocycles. The van der Waals surface area contributed by atoms with Gasteiger partial charge in [-0.15, -0.1) is 0 Å².